The summed E-state index contributed by atoms with van der Waals surface area (Å²) >= 11 is 1.09. The molecule has 0 aromatic carbocycles. The lowest BCUT2D eigenvalue weighted by atomic mass is 9.72. The molecule has 1 aliphatic heterocycles. The highest BCUT2D eigenvalue weighted by Crippen LogP contribution is 2.42. The molecule has 2 rings (SSSR count). The zero-order valence-electron chi connectivity index (χ0n) is 16.2. The first kappa shape index (κ1) is 20.5. The van der Waals surface area contributed by atoms with Crippen LogP contribution in [0.5, 0.6) is 0 Å². The molecule has 2 amide bonds. The van der Waals surface area contributed by atoms with Gasteiger partial charge in [-0.2, -0.15) is 15.6 Å². The number of thioether (sulfide) groups is 1. The van der Waals surface area contributed by atoms with Gasteiger partial charge in [-0.25, -0.2) is 0 Å². The predicted molar refractivity (Wildman–Crippen MR) is 102 cm³/mol. The van der Waals surface area contributed by atoms with Crippen LogP contribution >= 0.6 is 11.8 Å². The number of nitrogens with one attached hydrogen (secondary N) is 2. The van der Waals surface area contributed by atoms with Gasteiger partial charge >= 0.3 is 0 Å². The molecule has 0 bridgehead atoms. The molecule has 8 nitrogen and oxygen atoms in total. The number of hydrogen-bond donors (Lipinski definition) is 2. The van der Waals surface area contributed by atoms with Crippen molar-refractivity contribution in [3.63, 3.8) is 0 Å². The van der Waals surface area contributed by atoms with Crippen LogP contribution in [0.4, 0.5) is 5.69 Å². The lowest BCUT2D eigenvalue weighted by molar-refractivity contribution is -0.125. The standard InChI is InChI=1S/C18H22N6O2S/c1-9-14(10(2)24(6)23-9)21-15(25)11(3)27-17-13(8-20)18(4,5)12(7-19)16(26)22-17/h11-12H,1-6H3,(H,21,25)(H,22,26)/t11-,12+/m0/s1. The first-order chi connectivity index (χ1) is 12.5. The predicted octanol–water partition coefficient (Wildman–Crippen LogP) is 2.13. The molecular weight excluding hydrogens is 364 g/mol. The third kappa shape index (κ3) is 3.69. The first-order valence-electron chi connectivity index (χ1n) is 8.37. The second-order valence-electron chi connectivity index (χ2n) is 7.01. The molecule has 0 radical (unpaired) electrons. The fourth-order valence-electron chi connectivity index (χ4n) is 2.92. The van der Waals surface area contributed by atoms with Gasteiger partial charge in [0.2, 0.25) is 11.8 Å². The Kier molecular flexibility index (Phi) is 5.67. The van der Waals surface area contributed by atoms with E-state index in [-0.39, 0.29) is 5.91 Å². The lowest BCUT2D eigenvalue weighted by Gasteiger charge is -2.35. The lowest BCUT2D eigenvalue weighted by Crippen LogP contribution is -2.45. The van der Waals surface area contributed by atoms with E-state index in [2.05, 4.69) is 21.8 Å². The summed E-state index contributed by atoms with van der Waals surface area (Å²) in [5, 5.41) is 28.3. The molecule has 0 spiro atoms. The van der Waals surface area contributed by atoms with Gasteiger partial charge in [0.05, 0.1) is 45.1 Å². The summed E-state index contributed by atoms with van der Waals surface area (Å²) in [6.45, 7) is 8.73. The van der Waals surface area contributed by atoms with Crippen LogP contribution in [0.15, 0.2) is 10.6 Å². The van der Waals surface area contributed by atoms with Crippen molar-refractivity contribution < 1.29 is 9.59 Å². The Morgan fingerprint density at radius 2 is 2.04 bits per heavy atom. The fraction of sp³-hybridized carbons (Fsp3) is 0.500. The van der Waals surface area contributed by atoms with Crippen LogP contribution < -0.4 is 10.6 Å². The normalized spacial score (nSPS) is 19.7. The average Bonchev–Trinajstić information content (AvgIpc) is 2.80. The molecule has 27 heavy (non-hydrogen) atoms. The van der Waals surface area contributed by atoms with E-state index in [0.29, 0.717) is 22.0 Å². The Hall–Kier alpha value is -2.78. The first-order valence-corrected chi connectivity index (χ1v) is 9.25. The topological polar surface area (TPSA) is 124 Å². The molecule has 0 fully saturated rings. The Labute approximate surface area is 162 Å². The van der Waals surface area contributed by atoms with Crippen molar-refractivity contribution in [3.8, 4) is 12.1 Å². The molecule has 1 aromatic rings. The maximum atomic E-state index is 12.6. The van der Waals surface area contributed by atoms with Gasteiger partial charge in [-0.3, -0.25) is 14.3 Å². The van der Waals surface area contributed by atoms with E-state index in [1.807, 2.05) is 19.9 Å². The Morgan fingerprint density at radius 1 is 1.41 bits per heavy atom. The number of allylic oxidation sites excluding steroid dienone is 1. The number of nitrogens with zero attached hydrogens (tertiary/aromatic N) is 4. The van der Waals surface area contributed by atoms with E-state index in [4.69, 9.17) is 0 Å². The number of aromatic nitrogens is 2. The van der Waals surface area contributed by atoms with Gasteiger partial charge < -0.3 is 10.6 Å². The van der Waals surface area contributed by atoms with Gasteiger partial charge in [-0.1, -0.05) is 25.6 Å². The summed E-state index contributed by atoms with van der Waals surface area (Å²) in [5.41, 5.74) is 1.57. The van der Waals surface area contributed by atoms with Gasteiger partial charge in [0.25, 0.3) is 0 Å². The van der Waals surface area contributed by atoms with Crippen molar-refractivity contribution in [2.75, 3.05) is 5.32 Å². The minimum absolute atomic E-state index is 0.265. The summed E-state index contributed by atoms with van der Waals surface area (Å²) in [6.07, 6.45) is 0. The molecule has 142 valence electrons. The number of carbonyl (C=O) groups is 2. The van der Waals surface area contributed by atoms with Gasteiger partial charge in [0.15, 0.2) is 0 Å². The maximum Gasteiger partial charge on any atom is 0.243 e. The van der Waals surface area contributed by atoms with Crippen molar-refractivity contribution in [1.82, 2.24) is 15.1 Å². The zero-order chi connectivity index (χ0) is 20.5. The Bertz CT molecular complexity index is 916. The summed E-state index contributed by atoms with van der Waals surface area (Å²) in [5.74, 6) is -1.68. The number of anilines is 1. The Balaban J connectivity index is 2.25. The third-order valence-corrected chi connectivity index (χ3v) is 5.86. The molecule has 0 saturated carbocycles. The van der Waals surface area contributed by atoms with E-state index >= 15 is 0 Å². The number of carbonyl (C=O) groups excluding carboxylic acids is 2. The molecule has 2 N–H and O–H groups in total. The second-order valence-corrected chi connectivity index (χ2v) is 8.36. The van der Waals surface area contributed by atoms with Gasteiger partial charge in [0, 0.05) is 12.5 Å². The molecule has 0 unspecified atom stereocenters. The molecular formula is C18H22N6O2S. The van der Waals surface area contributed by atoms with Crippen LogP contribution in [-0.2, 0) is 16.6 Å². The number of hydrogen-bond acceptors (Lipinski definition) is 6. The summed E-state index contributed by atoms with van der Waals surface area (Å²) in [6, 6.07) is 4.05. The van der Waals surface area contributed by atoms with Gasteiger partial charge in [-0.15, -0.1) is 0 Å². The number of nitriles is 2. The average molecular weight is 386 g/mol. The summed E-state index contributed by atoms with van der Waals surface area (Å²) in [4.78, 5) is 24.9. The number of aryl methyl sites for hydroxylation is 2. The van der Waals surface area contributed by atoms with Crippen molar-refractivity contribution in [1.29, 1.82) is 10.5 Å². The quantitative estimate of drug-likeness (QED) is 0.817. The second kappa shape index (κ2) is 7.45. The van der Waals surface area contributed by atoms with Crippen LogP contribution in [-0.4, -0.2) is 26.8 Å². The van der Waals surface area contributed by atoms with Crippen LogP contribution in [0.1, 0.15) is 32.2 Å². The smallest absolute Gasteiger partial charge is 0.243 e. The van der Waals surface area contributed by atoms with Gasteiger partial charge in [-0.05, 0) is 20.8 Å². The minimum atomic E-state index is -0.957. The van der Waals surface area contributed by atoms with Crippen LogP contribution in [0.2, 0.25) is 0 Å². The molecule has 1 aromatic heterocycles. The number of rotatable bonds is 4. The monoisotopic (exact) mass is 386 g/mol. The summed E-state index contributed by atoms with van der Waals surface area (Å²) < 4.78 is 1.69. The maximum absolute atomic E-state index is 12.6. The highest BCUT2D eigenvalue weighted by Gasteiger charge is 2.45. The van der Waals surface area contributed by atoms with Gasteiger partial charge in [0.1, 0.15) is 5.92 Å². The molecule has 0 saturated heterocycles. The highest BCUT2D eigenvalue weighted by molar-refractivity contribution is 8.04. The largest absolute Gasteiger partial charge is 0.322 e. The molecule has 2 heterocycles. The van der Waals surface area contributed by atoms with E-state index < -0.39 is 22.5 Å². The van der Waals surface area contributed by atoms with E-state index in [0.717, 1.165) is 17.5 Å². The van der Waals surface area contributed by atoms with Crippen molar-refractivity contribution in [2.45, 2.75) is 39.9 Å². The van der Waals surface area contributed by atoms with Crippen molar-refractivity contribution >= 4 is 29.3 Å². The van der Waals surface area contributed by atoms with Crippen LogP contribution in [0, 0.1) is 47.8 Å². The third-order valence-electron chi connectivity index (χ3n) is 4.75. The number of amides is 2. The molecule has 1 aliphatic rings. The van der Waals surface area contributed by atoms with E-state index in [1.165, 1.54) is 0 Å². The Morgan fingerprint density at radius 3 is 2.52 bits per heavy atom. The van der Waals surface area contributed by atoms with Crippen molar-refractivity contribution in [2.24, 2.45) is 18.4 Å². The SMILES string of the molecule is Cc1nn(C)c(C)c1NC(=O)[C@H](C)SC1=C(C#N)C(C)(C)[C@H](C#N)C(=O)N1. The zero-order valence-corrected chi connectivity index (χ0v) is 17.0. The fourth-order valence-corrected chi connectivity index (χ4v) is 4.03. The van der Waals surface area contributed by atoms with Crippen LogP contribution in [0.3, 0.4) is 0 Å². The molecule has 9 heteroatoms. The van der Waals surface area contributed by atoms with Crippen LogP contribution in [0.25, 0.3) is 0 Å². The van der Waals surface area contributed by atoms with E-state index in [1.54, 1.807) is 32.5 Å². The van der Waals surface area contributed by atoms with Crippen molar-refractivity contribution in [3.05, 3.63) is 22.0 Å². The minimum Gasteiger partial charge on any atom is -0.322 e. The van der Waals surface area contributed by atoms with E-state index in [9.17, 15) is 20.1 Å². The molecule has 2 atom stereocenters. The highest BCUT2D eigenvalue weighted by atomic mass is 32.2. The molecule has 0 aliphatic carbocycles. The summed E-state index contributed by atoms with van der Waals surface area (Å²) in [7, 11) is 1.80.